The maximum Gasteiger partial charge on any atom is 0.294 e. The van der Waals surface area contributed by atoms with Crippen molar-refractivity contribution in [3.8, 4) is 28.1 Å². The standard InChI is InChI=1S/C30H33N9O3/c1-36(2)11-12-37(3)25-14-27(42-4)24(13-26(25)39(40)41)34-30-31-17-22(20-15-32-33-16-20)28(35-30)23-18-38-10-6-8-19-7-5-9-21(23)29(19)38/h5,7,9,13-18H,6,8,10-12H2,1-4H3,(H,32,33)(H,31,34,35). The summed E-state index contributed by atoms with van der Waals surface area (Å²) < 4.78 is 7.97. The summed E-state index contributed by atoms with van der Waals surface area (Å²) >= 11 is 0. The fraction of sp³-hybridized carbons (Fsp3) is 0.300. The second kappa shape index (κ2) is 11.1. The van der Waals surface area contributed by atoms with Crippen molar-refractivity contribution < 1.29 is 9.66 Å². The van der Waals surface area contributed by atoms with Crippen LogP contribution in [0.3, 0.4) is 0 Å². The topological polar surface area (TPSA) is 130 Å². The maximum absolute atomic E-state index is 12.1. The molecule has 12 nitrogen and oxygen atoms in total. The Balaban J connectivity index is 1.44. The maximum atomic E-state index is 12.1. The summed E-state index contributed by atoms with van der Waals surface area (Å²) in [7, 11) is 7.30. The molecule has 0 bridgehead atoms. The Morgan fingerprint density at radius 2 is 2.02 bits per heavy atom. The van der Waals surface area contributed by atoms with Crippen LogP contribution in [-0.2, 0) is 13.0 Å². The van der Waals surface area contributed by atoms with Crippen LogP contribution in [0.1, 0.15) is 12.0 Å². The van der Waals surface area contributed by atoms with Crippen molar-refractivity contribution in [2.75, 3.05) is 51.6 Å². The molecule has 0 radical (unpaired) electrons. The largest absolute Gasteiger partial charge is 0.494 e. The summed E-state index contributed by atoms with van der Waals surface area (Å²) in [6.07, 6.45) is 9.61. The molecule has 0 saturated heterocycles. The highest BCUT2D eigenvalue weighted by Crippen LogP contribution is 2.41. The minimum absolute atomic E-state index is 0.0382. The predicted octanol–water partition coefficient (Wildman–Crippen LogP) is 5.09. The summed E-state index contributed by atoms with van der Waals surface area (Å²) in [6, 6.07) is 9.57. The van der Waals surface area contributed by atoms with Crippen molar-refractivity contribution in [2.24, 2.45) is 0 Å². The third-order valence-corrected chi connectivity index (χ3v) is 7.71. The van der Waals surface area contributed by atoms with Crippen molar-refractivity contribution >= 4 is 33.9 Å². The van der Waals surface area contributed by atoms with Crippen LogP contribution < -0.4 is 15.0 Å². The van der Waals surface area contributed by atoms with Gasteiger partial charge in [0.25, 0.3) is 5.69 Å². The van der Waals surface area contributed by atoms with Gasteiger partial charge in [-0.2, -0.15) is 5.10 Å². The number of nitrogens with one attached hydrogen (secondary N) is 2. The summed E-state index contributed by atoms with van der Waals surface area (Å²) in [5.41, 5.74) is 6.82. The van der Waals surface area contributed by atoms with E-state index in [1.165, 1.54) is 24.3 Å². The average Bonchev–Trinajstić information content (AvgIpc) is 3.66. The SMILES string of the molecule is COc1cc(N(C)CCN(C)C)c([N+](=O)[O-])cc1Nc1ncc(-c2cn[nH]c2)c(-c2cn3c4c(cccc24)CCC3)n1. The second-order valence-corrected chi connectivity index (χ2v) is 10.7. The molecule has 1 aliphatic heterocycles. The molecule has 216 valence electrons. The van der Waals surface area contributed by atoms with E-state index < -0.39 is 0 Å². The lowest BCUT2D eigenvalue weighted by Crippen LogP contribution is -2.28. The van der Waals surface area contributed by atoms with Crippen LogP contribution in [0.4, 0.5) is 23.0 Å². The minimum Gasteiger partial charge on any atom is -0.494 e. The van der Waals surface area contributed by atoms with E-state index >= 15 is 0 Å². The Morgan fingerprint density at radius 3 is 2.76 bits per heavy atom. The van der Waals surface area contributed by atoms with Gasteiger partial charge in [0.1, 0.15) is 11.4 Å². The zero-order valence-electron chi connectivity index (χ0n) is 24.1. The molecule has 2 aromatic carbocycles. The van der Waals surface area contributed by atoms with Crippen LogP contribution in [0.15, 0.2) is 55.1 Å². The third kappa shape index (κ3) is 5.00. The normalized spacial score (nSPS) is 12.6. The van der Waals surface area contributed by atoms with Crippen molar-refractivity contribution in [2.45, 2.75) is 19.4 Å². The quantitative estimate of drug-likeness (QED) is 0.175. The number of ether oxygens (including phenoxy) is 1. The van der Waals surface area contributed by atoms with E-state index in [4.69, 9.17) is 9.72 Å². The minimum atomic E-state index is -0.381. The van der Waals surface area contributed by atoms with Crippen LogP contribution in [0.5, 0.6) is 5.75 Å². The number of nitro groups is 1. The molecule has 0 fully saturated rings. The number of aryl methyl sites for hydroxylation is 2. The Labute approximate surface area is 243 Å². The van der Waals surface area contributed by atoms with Crippen LogP contribution >= 0.6 is 0 Å². The molecule has 0 atom stereocenters. The van der Waals surface area contributed by atoms with E-state index in [0.29, 0.717) is 29.6 Å². The molecule has 0 spiro atoms. The first-order chi connectivity index (χ1) is 20.3. The van der Waals surface area contributed by atoms with Crippen LogP contribution in [0, 0.1) is 10.1 Å². The van der Waals surface area contributed by atoms with E-state index in [0.717, 1.165) is 53.7 Å². The average molecular weight is 568 g/mol. The van der Waals surface area contributed by atoms with Gasteiger partial charge in [-0.1, -0.05) is 18.2 Å². The predicted molar refractivity (Wildman–Crippen MR) is 164 cm³/mol. The lowest BCUT2D eigenvalue weighted by Gasteiger charge is -2.22. The molecule has 5 aromatic rings. The fourth-order valence-electron chi connectivity index (χ4n) is 5.57. The Kier molecular flexibility index (Phi) is 7.21. The molecule has 12 heteroatoms. The summed E-state index contributed by atoms with van der Waals surface area (Å²) in [4.78, 5) is 25.2. The van der Waals surface area contributed by atoms with Crippen molar-refractivity contribution in [1.82, 2.24) is 29.6 Å². The number of aromatic amines is 1. The molecule has 42 heavy (non-hydrogen) atoms. The fourth-order valence-corrected chi connectivity index (χ4v) is 5.57. The van der Waals surface area contributed by atoms with Crippen molar-refractivity contribution in [1.29, 1.82) is 0 Å². The van der Waals surface area contributed by atoms with Crippen LogP contribution in [-0.4, -0.2) is 75.9 Å². The van der Waals surface area contributed by atoms with Gasteiger partial charge in [0.15, 0.2) is 0 Å². The number of hydrogen-bond acceptors (Lipinski definition) is 9. The molecule has 6 rings (SSSR count). The van der Waals surface area contributed by atoms with E-state index in [-0.39, 0.29) is 10.6 Å². The molecule has 0 unspecified atom stereocenters. The number of likely N-dealkylation sites (N-methyl/N-ethyl adjacent to an activating group) is 2. The Hall–Kier alpha value is -4.97. The molecular weight excluding hydrogens is 534 g/mol. The highest BCUT2D eigenvalue weighted by atomic mass is 16.6. The highest BCUT2D eigenvalue weighted by Gasteiger charge is 2.24. The molecule has 0 saturated carbocycles. The number of benzene rings is 2. The van der Waals surface area contributed by atoms with Gasteiger partial charge in [-0.15, -0.1) is 0 Å². The number of aromatic nitrogens is 5. The molecule has 0 amide bonds. The number of nitrogens with zero attached hydrogens (tertiary/aromatic N) is 7. The lowest BCUT2D eigenvalue weighted by atomic mass is 9.99. The van der Waals surface area contributed by atoms with Crippen LogP contribution in [0.25, 0.3) is 33.3 Å². The van der Waals surface area contributed by atoms with Crippen LogP contribution in [0.2, 0.25) is 0 Å². The van der Waals surface area contributed by atoms with E-state index in [9.17, 15) is 10.1 Å². The van der Waals surface area contributed by atoms with Gasteiger partial charge in [-0.3, -0.25) is 15.2 Å². The smallest absolute Gasteiger partial charge is 0.294 e. The van der Waals surface area contributed by atoms with Gasteiger partial charge in [-0.25, -0.2) is 9.97 Å². The Bertz CT molecular complexity index is 1760. The number of H-pyrrole nitrogens is 1. The number of para-hydroxylation sites is 1. The summed E-state index contributed by atoms with van der Waals surface area (Å²) in [5.74, 6) is 0.744. The molecule has 4 heterocycles. The highest BCUT2D eigenvalue weighted by molar-refractivity contribution is 6.00. The van der Waals surface area contributed by atoms with Gasteiger partial charge in [0.05, 0.1) is 35.1 Å². The monoisotopic (exact) mass is 567 g/mol. The molecule has 0 aliphatic carbocycles. The number of anilines is 3. The van der Waals surface area contributed by atoms with E-state index in [1.807, 2.05) is 37.1 Å². The molecule has 2 N–H and O–H groups in total. The lowest BCUT2D eigenvalue weighted by molar-refractivity contribution is -0.384. The van der Waals surface area contributed by atoms with Gasteiger partial charge in [-0.05, 0) is 32.5 Å². The van der Waals surface area contributed by atoms with Gasteiger partial charge >= 0.3 is 0 Å². The zero-order valence-corrected chi connectivity index (χ0v) is 24.1. The second-order valence-electron chi connectivity index (χ2n) is 10.7. The first kappa shape index (κ1) is 27.2. The van der Waals surface area contributed by atoms with Gasteiger partial charge in [0, 0.05) is 79.5 Å². The number of rotatable bonds is 10. The van der Waals surface area contributed by atoms with E-state index in [1.54, 1.807) is 18.5 Å². The molecule has 1 aliphatic rings. The molecular formula is C30H33N9O3. The van der Waals surface area contributed by atoms with Gasteiger partial charge < -0.3 is 24.4 Å². The first-order valence-corrected chi connectivity index (χ1v) is 13.8. The summed E-state index contributed by atoms with van der Waals surface area (Å²) in [5, 5.41) is 23.5. The number of methoxy groups -OCH3 is 1. The summed E-state index contributed by atoms with van der Waals surface area (Å²) in [6.45, 7) is 2.30. The first-order valence-electron chi connectivity index (χ1n) is 13.8. The Morgan fingerprint density at radius 1 is 1.17 bits per heavy atom. The van der Waals surface area contributed by atoms with Crippen molar-refractivity contribution in [3.63, 3.8) is 0 Å². The molecule has 3 aromatic heterocycles. The number of nitro benzene ring substituents is 1. The van der Waals surface area contributed by atoms with Gasteiger partial charge in [0.2, 0.25) is 5.95 Å². The zero-order chi connectivity index (χ0) is 29.4. The number of hydrogen-bond donors (Lipinski definition) is 2. The van der Waals surface area contributed by atoms with E-state index in [2.05, 4.69) is 49.5 Å². The van der Waals surface area contributed by atoms with Crippen molar-refractivity contribution in [3.05, 3.63) is 70.8 Å². The third-order valence-electron chi connectivity index (χ3n) is 7.71.